The van der Waals surface area contributed by atoms with Gasteiger partial charge in [-0.1, -0.05) is 40.3 Å². The van der Waals surface area contributed by atoms with E-state index in [2.05, 4.69) is 51.7 Å². The van der Waals surface area contributed by atoms with E-state index < -0.39 is 16.1 Å². The maximum Gasteiger partial charge on any atom is 0.245 e. The molecule has 1 aromatic heterocycles. The molecule has 1 unspecified atom stereocenters. The zero-order valence-electron chi connectivity index (χ0n) is 17.3. The van der Waals surface area contributed by atoms with Crippen molar-refractivity contribution in [2.45, 2.75) is 31.8 Å². The molecule has 10 heteroatoms. The minimum absolute atomic E-state index is 0.219. The summed E-state index contributed by atoms with van der Waals surface area (Å²) in [5.74, 6) is -0.219. The van der Waals surface area contributed by atoms with Gasteiger partial charge < -0.3 is 10.2 Å². The Morgan fingerprint density at radius 2 is 2.06 bits per heavy atom. The average Bonchev–Trinajstić information content (AvgIpc) is 3.33. The number of carbonyl (C=O) groups excluding carboxylic acids is 1. The van der Waals surface area contributed by atoms with Gasteiger partial charge >= 0.3 is 0 Å². The molecule has 6 nitrogen and oxygen atoms in total. The molecule has 1 aromatic carbocycles. The minimum Gasteiger partial charge on any atom is -0.311 e. The predicted molar refractivity (Wildman–Crippen MR) is 138 cm³/mol. The highest BCUT2D eigenvalue weighted by Gasteiger charge is 2.35. The Morgan fingerprint density at radius 3 is 2.77 bits per heavy atom. The summed E-state index contributed by atoms with van der Waals surface area (Å²) in [6.45, 7) is 3.53. The summed E-state index contributed by atoms with van der Waals surface area (Å²) in [4.78, 5) is 17.2. The SMILES string of the molecule is CC1NCCc2cc(N3CC[C@H](NS(=O)(=O)/C=C/c4ccc(Cl)s4)C3=O)ccc21.CI. The summed E-state index contributed by atoms with van der Waals surface area (Å²) in [6, 6.07) is 9.05. The number of nitrogens with zero attached hydrogens (tertiary/aromatic N) is 1. The Morgan fingerprint density at radius 1 is 1.29 bits per heavy atom. The predicted octanol–water partition coefficient (Wildman–Crippen LogP) is 4.36. The normalized spacial score (nSPS) is 21.2. The number of amides is 1. The topological polar surface area (TPSA) is 78.5 Å². The molecule has 2 aromatic rings. The van der Waals surface area contributed by atoms with Crippen molar-refractivity contribution in [1.29, 1.82) is 0 Å². The minimum atomic E-state index is -3.74. The zero-order chi connectivity index (χ0) is 22.6. The average molecular weight is 594 g/mol. The Bertz CT molecular complexity index is 1070. The van der Waals surface area contributed by atoms with Crippen molar-refractivity contribution in [2.24, 2.45) is 0 Å². The molecule has 168 valence electrons. The van der Waals surface area contributed by atoms with Crippen molar-refractivity contribution in [1.82, 2.24) is 10.0 Å². The van der Waals surface area contributed by atoms with Gasteiger partial charge in [0.2, 0.25) is 15.9 Å². The van der Waals surface area contributed by atoms with Crippen LogP contribution < -0.4 is 14.9 Å². The van der Waals surface area contributed by atoms with Crippen LogP contribution in [0.25, 0.3) is 6.08 Å². The van der Waals surface area contributed by atoms with Crippen molar-refractivity contribution in [3.8, 4) is 0 Å². The molecule has 4 rings (SSSR count). The molecule has 3 heterocycles. The van der Waals surface area contributed by atoms with Gasteiger partial charge in [-0.2, -0.15) is 4.72 Å². The molecule has 0 saturated carbocycles. The lowest BCUT2D eigenvalue weighted by Crippen LogP contribution is -2.40. The van der Waals surface area contributed by atoms with E-state index in [0.717, 1.165) is 28.9 Å². The van der Waals surface area contributed by atoms with E-state index in [9.17, 15) is 13.2 Å². The van der Waals surface area contributed by atoms with Crippen molar-refractivity contribution < 1.29 is 13.2 Å². The summed E-state index contributed by atoms with van der Waals surface area (Å²) < 4.78 is 27.9. The van der Waals surface area contributed by atoms with Crippen LogP contribution in [-0.2, 0) is 21.2 Å². The first-order chi connectivity index (χ1) is 14.8. The van der Waals surface area contributed by atoms with Gasteiger partial charge in [0.1, 0.15) is 6.04 Å². The third-order valence-electron chi connectivity index (χ3n) is 5.27. The Hall–Kier alpha value is -0.980. The van der Waals surface area contributed by atoms with Gasteiger partial charge in [0.15, 0.2) is 0 Å². The lowest BCUT2D eigenvalue weighted by atomic mass is 9.94. The number of anilines is 1. The number of carbonyl (C=O) groups is 1. The number of fused-ring (bicyclic) bond motifs is 1. The Balaban J connectivity index is 0.00000132. The Labute approximate surface area is 206 Å². The first-order valence-corrected chi connectivity index (χ1v) is 14.7. The second-order valence-electron chi connectivity index (χ2n) is 7.25. The number of nitrogens with one attached hydrogen (secondary N) is 2. The molecule has 1 fully saturated rings. The number of sulfonamides is 1. The molecule has 0 aliphatic carbocycles. The maximum atomic E-state index is 12.8. The van der Waals surface area contributed by atoms with Crippen LogP contribution in [0.4, 0.5) is 5.69 Å². The third-order valence-corrected chi connectivity index (χ3v) is 7.57. The van der Waals surface area contributed by atoms with Crippen LogP contribution in [0.2, 0.25) is 4.34 Å². The van der Waals surface area contributed by atoms with E-state index in [0.29, 0.717) is 23.3 Å². The number of rotatable bonds is 5. The summed E-state index contributed by atoms with van der Waals surface area (Å²) in [5, 5.41) is 4.51. The molecular weight excluding hydrogens is 569 g/mol. The van der Waals surface area contributed by atoms with Crippen LogP contribution in [0, 0.1) is 0 Å². The van der Waals surface area contributed by atoms with Gasteiger partial charge in [-0.05, 0) is 72.7 Å². The van der Waals surface area contributed by atoms with E-state index in [1.165, 1.54) is 28.5 Å². The molecule has 31 heavy (non-hydrogen) atoms. The van der Waals surface area contributed by atoms with E-state index in [4.69, 9.17) is 11.6 Å². The lowest BCUT2D eigenvalue weighted by molar-refractivity contribution is -0.118. The van der Waals surface area contributed by atoms with Gasteiger partial charge in [-0.3, -0.25) is 4.79 Å². The number of halogens is 2. The molecule has 0 bridgehead atoms. The number of alkyl halides is 1. The molecule has 2 aliphatic heterocycles. The van der Waals surface area contributed by atoms with Crippen LogP contribution in [0.3, 0.4) is 0 Å². The molecule has 0 spiro atoms. The van der Waals surface area contributed by atoms with E-state index in [-0.39, 0.29) is 5.91 Å². The first kappa shape index (κ1) is 24.7. The van der Waals surface area contributed by atoms with Gasteiger partial charge in [-0.25, -0.2) is 8.42 Å². The molecule has 2 N–H and O–H groups in total. The summed E-state index contributed by atoms with van der Waals surface area (Å²) in [6.07, 6.45) is 2.84. The zero-order valence-corrected chi connectivity index (χ0v) is 21.8. The molecule has 2 aliphatic rings. The van der Waals surface area contributed by atoms with Crippen LogP contribution in [0.15, 0.2) is 35.7 Å². The standard InChI is InChI=1S/C20H22ClN3O3S2.CH3I/c1-13-17-4-2-15(12-14(17)6-9-22-13)24-10-7-18(20(24)25)23-29(26,27)11-8-16-3-5-19(21)28-16;1-2/h2-5,8,11-13,18,22-23H,6-7,9-10H2,1H3;1H3/b11-8+;/t13?,18-;/m0./s1. The van der Waals surface area contributed by atoms with Crippen molar-refractivity contribution >= 4 is 73.2 Å². The van der Waals surface area contributed by atoms with Gasteiger partial charge in [0.05, 0.1) is 4.34 Å². The summed E-state index contributed by atoms with van der Waals surface area (Å²) in [7, 11) is -3.74. The van der Waals surface area contributed by atoms with Crippen molar-refractivity contribution in [2.75, 3.05) is 22.9 Å². The largest absolute Gasteiger partial charge is 0.311 e. The quantitative estimate of drug-likeness (QED) is 0.399. The Kier molecular flexibility index (Phi) is 8.56. The van der Waals surface area contributed by atoms with Crippen LogP contribution in [-0.4, -0.2) is 38.4 Å². The summed E-state index contributed by atoms with van der Waals surface area (Å²) in [5.41, 5.74) is 3.32. The third kappa shape index (κ3) is 6.08. The molecule has 1 saturated heterocycles. The number of thiophene rings is 1. The highest BCUT2D eigenvalue weighted by atomic mass is 127. The number of hydrogen-bond acceptors (Lipinski definition) is 5. The van der Waals surface area contributed by atoms with Gasteiger partial charge in [0.25, 0.3) is 0 Å². The van der Waals surface area contributed by atoms with Gasteiger partial charge in [-0.15, -0.1) is 11.3 Å². The van der Waals surface area contributed by atoms with Crippen LogP contribution >= 0.6 is 45.5 Å². The maximum absolute atomic E-state index is 12.8. The van der Waals surface area contributed by atoms with Crippen LogP contribution in [0.1, 0.15) is 35.4 Å². The fraction of sp³-hybridized carbons (Fsp3) is 0.381. The van der Waals surface area contributed by atoms with E-state index in [1.54, 1.807) is 17.0 Å². The van der Waals surface area contributed by atoms with E-state index >= 15 is 0 Å². The monoisotopic (exact) mass is 593 g/mol. The van der Waals surface area contributed by atoms with E-state index in [1.807, 2.05) is 11.0 Å². The highest BCUT2D eigenvalue weighted by molar-refractivity contribution is 14.1. The van der Waals surface area contributed by atoms with Crippen molar-refractivity contribution in [3.63, 3.8) is 0 Å². The molecule has 2 atom stereocenters. The molecular formula is C21H25ClIN3O3S2. The number of benzene rings is 1. The smallest absolute Gasteiger partial charge is 0.245 e. The molecule has 1 amide bonds. The fourth-order valence-electron chi connectivity index (χ4n) is 3.79. The van der Waals surface area contributed by atoms with Crippen LogP contribution in [0.5, 0.6) is 0 Å². The lowest BCUT2D eigenvalue weighted by Gasteiger charge is -2.26. The highest BCUT2D eigenvalue weighted by Crippen LogP contribution is 2.29. The van der Waals surface area contributed by atoms with Crippen molar-refractivity contribution in [3.05, 3.63) is 56.1 Å². The summed E-state index contributed by atoms with van der Waals surface area (Å²) >= 11 is 9.30. The second kappa shape index (κ2) is 10.8. The first-order valence-electron chi connectivity index (χ1n) is 9.83. The molecule has 0 radical (unpaired) electrons. The van der Waals surface area contributed by atoms with Gasteiger partial charge in [0, 0.05) is 28.6 Å². The second-order valence-corrected chi connectivity index (χ2v) is 10.6. The number of hydrogen-bond donors (Lipinski definition) is 2. The fourth-order valence-corrected chi connectivity index (χ4v) is 5.86.